The highest BCUT2D eigenvalue weighted by Gasteiger charge is 2.24. The van der Waals surface area contributed by atoms with Crippen LogP contribution in [0.25, 0.3) is 42.0 Å². The van der Waals surface area contributed by atoms with Gasteiger partial charge < -0.3 is 4.57 Å². The highest BCUT2D eigenvalue weighted by Crippen LogP contribution is 2.46. The highest BCUT2D eigenvalue weighted by atomic mass is 32.1. The van der Waals surface area contributed by atoms with Crippen LogP contribution in [0.1, 0.15) is 26.3 Å². The number of para-hydroxylation sites is 1. The third-order valence-corrected chi connectivity index (χ3v) is 6.52. The maximum atomic E-state index is 2.44. The molecule has 2 aromatic heterocycles. The molecular weight excluding hydrogens is 322 g/mol. The minimum Gasteiger partial charge on any atom is -0.343 e. The molecule has 0 aliphatic rings. The van der Waals surface area contributed by atoms with Crippen molar-refractivity contribution in [2.45, 2.75) is 26.2 Å². The van der Waals surface area contributed by atoms with E-state index in [0.717, 1.165) is 0 Å². The Hall–Kier alpha value is -2.32. The average molecular weight is 343 g/mol. The molecule has 0 radical (unpaired) electrons. The fraction of sp³-hybridized carbons (Fsp3) is 0.217. The van der Waals surface area contributed by atoms with Gasteiger partial charge in [-0.25, -0.2) is 0 Å². The molecule has 3 aromatic carbocycles. The van der Waals surface area contributed by atoms with Crippen LogP contribution in [0.5, 0.6) is 0 Å². The highest BCUT2D eigenvalue weighted by molar-refractivity contribution is 7.26. The van der Waals surface area contributed by atoms with Gasteiger partial charge in [0.05, 0.1) is 5.52 Å². The van der Waals surface area contributed by atoms with E-state index in [1.54, 1.807) is 0 Å². The summed E-state index contributed by atoms with van der Waals surface area (Å²) >= 11 is 1.94. The van der Waals surface area contributed by atoms with Crippen LogP contribution in [-0.2, 0) is 12.5 Å². The van der Waals surface area contributed by atoms with Crippen LogP contribution in [0.4, 0.5) is 0 Å². The minimum absolute atomic E-state index is 0.115. The van der Waals surface area contributed by atoms with Crippen LogP contribution in [-0.4, -0.2) is 4.57 Å². The molecule has 2 heterocycles. The summed E-state index contributed by atoms with van der Waals surface area (Å²) in [4.78, 5) is 0. The molecule has 0 spiro atoms. The molecule has 0 fully saturated rings. The summed E-state index contributed by atoms with van der Waals surface area (Å²) in [5.41, 5.74) is 4.24. The Morgan fingerprint density at radius 3 is 2.28 bits per heavy atom. The van der Waals surface area contributed by atoms with Gasteiger partial charge in [0.2, 0.25) is 0 Å². The Bertz CT molecular complexity index is 1280. The van der Waals surface area contributed by atoms with Crippen LogP contribution in [0.15, 0.2) is 54.6 Å². The SMILES string of the molecule is Cn1c2ccccc2c2cc(C(C)(C)C)c3sc4ccccc4c3c21. The first-order chi connectivity index (χ1) is 12.0. The fourth-order valence-electron chi connectivity index (χ4n) is 4.11. The van der Waals surface area contributed by atoms with Gasteiger partial charge in [0.25, 0.3) is 0 Å². The van der Waals surface area contributed by atoms with E-state index < -0.39 is 0 Å². The number of benzene rings is 3. The molecular formula is C23H21NS. The zero-order valence-corrected chi connectivity index (χ0v) is 15.9. The van der Waals surface area contributed by atoms with Crippen molar-refractivity contribution in [1.29, 1.82) is 0 Å². The number of rotatable bonds is 0. The first-order valence-electron chi connectivity index (χ1n) is 8.78. The van der Waals surface area contributed by atoms with Crippen LogP contribution in [0, 0.1) is 0 Å². The van der Waals surface area contributed by atoms with Gasteiger partial charge >= 0.3 is 0 Å². The smallest absolute Gasteiger partial charge is 0.0583 e. The van der Waals surface area contributed by atoms with Gasteiger partial charge in [-0.2, -0.15) is 0 Å². The number of hydrogen-bond acceptors (Lipinski definition) is 1. The summed E-state index contributed by atoms with van der Waals surface area (Å²) in [7, 11) is 2.20. The molecule has 2 heteroatoms. The molecule has 1 nitrogen and oxygen atoms in total. The summed E-state index contributed by atoms with van der Waals surface area (Å²) in [6.07, 6.45) is 0. The lowest BCUT2D eigenvalue weighted by molar-refractivity contribution is 0.597. The summed E-state index contributed by atoms with van der Waals surface area (Å²) in [6, 6.07) is 20.0. The largest absolute Gasteiger partial charge is 0.343 e. The number of aromatic nitrogens is 1. The third kappa shape index (κ3) is 1.95. The van der Waals surface area contributed by atoms with Crippen molar-refractivity contribution >= 4 is 53.3 Å². The molecule has 0 saturated heterocycles. The molecule has 0 N–H and O–H groups in total. The van der Waals surface area contributed by atoms with Gasteiger partial charge in [-0.05, 0) is 29.2 Å². The summed E-state index contributed by atoms with van der Waals surface area (Å²) in [5, 5.41) is 5.52. The zero-order valence-electron chi connectivity index (χ0n) is 15.1. The third-order valence-electron chi connectivity index (χ3n) is 5.32. The van der Waals surface area contributed by atoms with E-state index in [0.29, 0.717) is 0 Å². The van der Waals surface area contributed by atoms with Gasteiger partial charge in [0.15, 0.2) is 0 Å². The summed E-state index contributed by atoms with van der Waals surface area (Å²) < 4.78 is 5.19. The minimum atomic E-state index is 0.115. The normalized spacial score (nSPS) is 12.8. The molecule has 0 unspecified atom stereocenters. The van der Waals surface area contributed by atoms with Crippen LogP contribution in [0.2, 0.25) is 0 Å². The molecule has 0 amide bonds. The molecule has 124 valence electrons. The van der Waals surface area contributed by atoms with Crippen molar-refractivity contribution in [2.24, 2.45) is 7.05 Å². The molecule has 25 heavy (non-hydrogen) atoms. The summed E-state index contributed by atoms with van der Waals surface area (Å²) in [5.74, 6) is 0. The maximum absolute atomic E-state index is 2.44. The van der Waals surface area contributed by atoms with E-state index in [9.17, 15) is 0 Å². The zero-order chi connectivity index (χ0) is 17.3. The lowest BCUT2D eigenvalue weighted by Crippen LogP contribution is -2.11. The molecule has 0 aliphatic heterocycles. The topological polar surface area (TPSA) is 4.93 Å². The van der Waals surface area contributed by atoms with Crippen molar-refractivity contribution in [3.05, 3.63) is 60.2 Å². The van der Waals surface area contributed by atoms with Crippen LogP contribution in [0.3, 0.4) is 0 Å². The standard InChI is InChI=1S/C23H21NS/c1-23(2,3)17-13-16-14-9-5-7-11-18(14)24(4)21(16)20-15-10-6-8-12-19(15)25-22(17)20/h5-13H,1-4H3. The number of thiophene rings is 1. The van der Waals surface area contributed by atoms with E-state index in [4.69, 9.17) is 0 Å². The first kappa shape index (κ1) is 15.0. The van der Waals surface area contributed by atoms with Crippen molar-refractivity contribution in [1.82, 2.24) is 4.57 Å². The Morgan fingerprint density at radius 1 is 0.840 bits per heavy atom. The molecule has 0 atom stereocenters. The van der Waals surface area contributed by atoms with Crippen molar-refractivity contribution in [3.63, 3.8) is 0 Å². The van der Waals surface area contributed by atoms with E-state index >= 15 is 0 Å². The quantitative estimate of drug-likeness (QED) is 0.285. The maximum Gasteiger partial charge on any atom is 0.0583 e. The lowest BCUT2D eigenvalue weighted by atomic mass is 9.85. The van der Waals surface area contributed by atoms with E-state index in [2.05, 4.69) is 87.0 Å². The Labute approximate surface area is 151 Å². The predicted molar refractivity (Wildman–Crippen MR) is 112 cm³/mol. The van der Waals surface area contributed by atoms with E-state index in [-0.39, 0.29) is 5.41 Å². The second kappa shape index (κ2) is 4.86. The molecule has 5 rings (SSSR count). The molecule has 0 aliphatic carbocycles. The van der Waals surface area contributed by atoms with Gasteiger partial charge in [-0.1, -0.05) is 57.2 Å². The second-order valence-electron chi connectivity index (χ2n) is 7.95. The van der Waals surface area contributed by atoms with Crippen molar-refractivity contribution < 1.29 is 0 Å². The number of hydrogen-bond donors (Lipinski definition) is 0. The van der Waals surface area contributed by atoms with Crippen molar-refractivity contribution in [3.8, 4) is 0 Å². The Kier molecular flexibility index (Phi) is 2.91. The first-order valence-corrected chi connectivity index (χ1v) is 9.60. The van der Waals surface area contributed by atoms with Gasteiger partial charge in [-0.3, -0.25) is 0 Å². The number of fused-ring (bicyclic) bond motifs is 7. The van der Waals surface area contributed by atoms with Crippen molar-refractivity contribution in [2.75, 3.05) is 0 Å². The number of aryl methyl sites for hydroxylation is 1. The van der Waals surface area contributed by atoms with Crippen LogP contribution < -0.4 is 0 Å². The van der Waals surface area contributed by atoms with Gasteiger partial charge in [0, 0.05) is 43.5 Å². The van der Waals surface area contributed by atoms with Crippen LogP contribution >= 0.6 is 11.3 Å². The lowest BCUT2D eigenvalue weighted by Gasteiger charge is -2.20. The Balaban J connectivity index is 2.17. The molecule has 0 saturated carbocycles. The summed E-state index contributed by atoms with van der Waals surface area (Å²) in [6.45, 7) is 6.97. The molecule has 5 aromatic rings. The molecule has 0 bridgehead atoms. The van der Waals surface area contributed by atoms with E-state index in [1.807, 2.05) is 11.3 Å². The predicted octanol–water partition coefficient (Wildman–Crippen LogP) is 7.00. The monoisotopic (exact) mass is 343 g/mol. The fourth-order valence-corrected chi connectivity index (χ4v) is 5.54. The Morgan fingerprint density at radius 2 is 1.52 bits per heavy atom. The number of nitrogens with zero attached hydrogens (tertiary/aromatic N) is 1. The van der Waals surface area contributed by atoms with Gasteiger partial charge in [0.1, 0.15) is 0 Å². The average Bonchev–Trinajstić information content (AvgIpc) is 3.10. The second-order valence-corrected chi connectivity index (χ2v) is 9.00. The van der Waals surface area contributed by atoms with Gasteiger partial charge in [-0.15, -0.1) is 11.3 Å². The van der Waals surface area contributed by atoms with E-state index in [1.165, 1.54) is 47.5 Å².